The molecule has 0 amide bonds. The molecular weight excluding hydrogens is 234 g/mol. The Morgan fingerprint density at radius 3 is 2.89 bits per heavy atom. The summed E-state index contributed by atoms with van der Waals surface area (Å²) in [6, 6.07) is 0. The van der Waals surface area contributed by atoms with Crippen molar-refractivity contribution in [3.8, 4) is 0 Å². The first kappa shape index (κ1) is 15.4. The molecule has 1 fully saturated rings. The zero-order valence-electron chi connectivity index (χ0n) is 11.6. The highest BCUT2D eigenvalue weighted by Gasteiger charge is 2.41. The summed E-state index contributed by atoms with van der Waals surface area (Å²) in [5, 5.41) is 0. The van der Waals surface area contributed by atoms with Crippen LogP contribution in [0.2, 0.25) is 0 Å². The molecule has 0 saturated heterocycles. The second kappa shape index (κ2) is 7.07. The molecule has 1 aliphatic rings. The van der Waals surface area contributed by atoms with Crippen molar-refractivity contribution in [1.82, 2.24) is 0 Å². The van der Waals surface area contributed by atoms with Gasteiger partial charge in [0.2, 0.25) is 0 Å². The van der Waals surface area contributed by atoms with E-state index in [0.717, 1.165) is 12.8 Å². The highest BCUT2D eigenvalue weighted by molar-refractivity contribution is 5.80. The fourth-order valence-electron chi connectivity index (χ4n) is 2.41. The van der Waals surface area contributed by atoms with Crippen LogP contribution in [0.4, 0.5) is 0 Å². The van der Waals surface area contributed by atoms with Gasteiger partial charge in [-0.2, -0.15) is 0 Å². The van der Waals surface area contributed by atoms with Gasteiger partial charge in [0.15, 0.2) is 0 Å². The van der Waals surface area contributed by atoms with Crippen molar-refractivity contribution < 1.29 is 19.0 Å². The SMILES string of the molecule is CCOCC(C)OC1CCCC(N)(C(=O)OC)C1. The molecule has 0 aromatic heterocycles. The average molecular weight is 259 g/mol. The van der Waals surface area contributed by atoms with Crippen LogP contribution in [0, 0.1) is 0 Å². The molecule has 3 atom stereocenters. The molecule has 2 N–H and O–H groups in total. The maximum atomic E-state index is 11.7. The van der Waals surface area contributed by atoms with Crippen molar-refractivity contribution in [3.63, 3.8) is 0 Å². The highest BCUT2D eigenvalue weighted by atomic mass is 16.5. The molecule has 0 bridgehead atoms. The van der Waals surface area contributed by atoms with Crippen molar-refractivity contribution in [2.45, 2.75) is 57.3 Å². The standard InChI is InChI=1S/C13H25NO4/c1-4-17-9-10(2)18-11-6-5-7-13(14,8-11)12(15)16-3/h10-11H,4-9,14H2,1-3H3. The molecule has 0 aromatic rings. The van der Waals surface area contributed by atoms with E-state index in [2.05, 4.69) is 0 Å². The number of carbonyl (C=O) groups is 1. The average Bonchev–Trinajstić information content (AvgIpc) is 2.35. The quantitative estimate of drug-likeness (QED) is 0.727. The molecule has 5 nitrogen and oxygen atoms in total. The lowest BCUT2D eigenvalue weighted by molar-refractivity contribution is -0.152. The predicted molar refractivity (Wildman–Crippen MR) is 68.2 cm³/mol. The van der Waals surface area contributed by atoms with Crippen molar-refractivity contribution in [2.75, 3.05) is 20.3 Å². The lowest BCUT2D eigenvalue weighted by Gasteiger charge is -2.36. The monoisotopic (exact) mass is 259 g/mol. The zero-order valence-corrected chi connectivity index (χ0v) is 11.6. The molecule has 0 aliphatic heterocycles. The van der Waals surface area contributed by atoms with Gasteiger partial charge in [0, 0.05) is 13.0 Å². The van der Waals surface area contributed by atoms with Gasteiger partial charge in [-0.15, -0.1) is 0 Å². The molecule has 106 valence electrons. The molecule has 3 unspecified atom stereocenters. The number of carbonyl (C=O) groups excluding carboxylic acids is 1. The lowest BCUT2D eigenvalue weighted by Crippen LogP contribution is -2.53. The minimum atomic E-state index is -0.886. The first-order chi connectivity index (χ1) is 8.51. The summed E-state index contributed by atoms with van der Waals surface area (Å²) < 4.78 is 15.9. The first-order valence-corrected chi connectivity index (χ1v) is 6.62. The number of nitrogens with two attached hydrogens (primary N) is 1. The molecule has 18 heavy (non-hydrogen) atoms. The number of rotatable bonds is 6. The molecule has 0 aromatic carbocycles. The zero-order chi connectivity index (χ0) is 13.6. The van der Waals surface area contributed by atoms with E-state index in [1.54, 1.807) is 0 Å². The van der Waals surface area contributed by atoms with E-state index in [4.69, 9.17) is 19.9 Å². The first-order valence-electron chi connectivity index (χ1n) is 6.62. The Morgan fingerprint density at radius 1 is 1.56 bits per heavy atom. The van der Waals surface area contributed by atoms with Gasteiger partial charge in [0.1, 0.15) is 5.54 Å². The van der Waals surface area contributed by atoms with Crippen LogP contribution in [0.15, 0.2) is 0 Å². The number of hydrogen-bond acceptors (Lipinski definition) is 5. The molecule has 0 spiro atoms. The summed E-state index contributed by atoms with van der Waals surface area (Å²) in [6.45, 7) is 5.18. The fraction of sp³-hybridized carbons (Fsp3) is 0.923. The van der Waals surface area contributed by atoms with E-state index >= 15 is 0 Å². The van der Waals surface area contributed by atoms with Gasteiger partial charge in [0.25, 0.3) is 0 Å². The molecule has 1 aliphatic carbocycles. The summed E-state index contributed by atoms with van der Waals surface area (Å²) in [5.74, 6) is -0.340. The van der Waals surface area contributed by atoms with Crippen LogP contribution in [-0.2, 0) is 19.0 Å². The fourth-order valence-corrected chi connectivity index (χ4v) is 2.41. The topological polar surface area (TPSA) is 70.8 Å². The van der Waals surface area contributed by atoms with Crippen LogP contribution in [0.1, 0.15) is 39.5 Å². The maximum Gasteiger partial charge on any atom is 0.325 e. The normalized spacial score (nSPS) is 29.9. The molecule has 1 rings (SSSR count). The van der Waals surface area contributed by atoms with Crippen LogP contribution in [0.5, 0.6) is 0 Å². The molecular formula is C13H25NO4. The number of ether oxygens (including phenoxy) is 3. The Labute approximate surface area is 109 Å². The Morgan fingerprint density at radius 2 is 2.28 bits per heavy atom. The van der Waals surface area contributed by atoms with E-state index in [0.29, 0.717) is 26.1 Å². The minimum Gasteiger partial charge on any atom is -0.468 e. The summed E-state index contributed by atoms with van der Waals surface area (Å²) in [6.07, 6.45) is 3.05. The number of methoxy groups -OCH3 is 1. The molecule has 0 radical (unpaired) electrons. The van der Waals surface area contributed by atoms with Crippen LogP contribution >= 0.6 is 0 Å². The lowest BCUT2D eigenvalue weighted by atomic mass is 9.81. The van der Waals surface area contributed by atoms with E-state index < -0.39 is 5.54 Å². The van der Waals surface area contributed by atoms with E-state index in [1.807, 2.05) is 13.8 Å². The van der Waals surface area contributed by atoms with Gasteiger partial charge in [-0.25, -0.2) is 0 Å². The summed E-state index contributed by atoms with van der Waals surface area (Å²) in [5.41, 5.74) is 5.21. The highest BCUT2D eigenvalue weighted by Crippen LogP contribution is 2.29. The Hall–Kier alpha value is -0.650. The van der Waals surface area contributed by atoms with Gasteiger partial charge in [-0.3, -0.25) is 4.79 Å². The van der Waals surface area contributed by atoms with Crippen molar-refractivity contribution in [2.24, 2.45) is 5.73 Å². The van der Waals surface area contributed by atoms with Gasteiger partial charge >= 0.3 is 5.97 Å². The van der Waals surface area contributed by atoms with E-state index in [-0.39, 0.29) is 18.2 Å². The predicted octanol–water partition coefficient (Wildman–Crippen LogP) is 1.24. The Balaban J connectivity index is 2.46. The van der Waals surface area contributed by atoms with Crippen molar-refractivity contribution in [3.05, 3.63) is 0 Å². The summed E-state index contributed by atoms with van der Waals surface area (Å²) >= 11 is 0. The van der Waals surface area contributed by atoms with E-state index in [9.17, 15) is 4.79 Å². The third-order valence-electron chi connectivity index (χ3n) is 3.31. The second-order valence-corrected chi connectivity index (χ2v) is 4.97. The largest absolute Gasteiger partial charge is 0.468 e. The van der Waals surface area contributed by atoms with Crippen molar-refractivity contribution in [1.29, 1.82) is 0 Å². The van der Waals surface area contributed by atoms with Crippen LogP contribution in [0.3, 0.4) is 0 Å². The van der Waals surface area contributed by atoms with Gasteiger partial charge in [-0.05, 0) is 33.1 Å². The van der Waals surface area contributed by atoms with Gasteiger partial charge in [-0.1, -0.05) is 0 Å². The smallest absolute Gasteiger partial charge is 0.325 e. The van der Waals surface area contributed by atoms with Crippen LogP contribution in [-0.4, -0.2) is 44.0 Å². The Kier molecular flexibility index (Phi) is 6.05. The molecule has 1 saturated carbocycles. The second-order valence-electron chi connectivity index (χ2n) is 4.97. The number of hydrogen-bond donors (Lipinski definition) is 1. The van der Waals surface area contributed by atoms with E-state index in [1.165, 1.54) is 7.11 Å². The third-order valence-corrected chi connectivity index (χ3v) is 3.31. The molecule has 0 heterocycles. The third kappa shape index (κ3) is 4.23. The van der Waals surface area contributed by atoms with Crippen LogP contribution < -0.4 is 5.73 Å². The van der Waals surface area contributed by atoms with Gasteiger partial charge < -0.3 is 19.9 Å². The number of esters is 1. The van der Waals surface area contributed by atoms with Crippen molar-refractivity contribution >= 4 is 5.97 Å². The summed E-state index contributed by atoms with van der Waals surface area (Å²) in [7, 11) is 1.37. The van der Waals surface area contributed by atoms with Gasteiger partial charge in [0.05, 0.1) is 25.9 Å². The minimum absolute atomic E-state index is 0.0123. The van der Waals surface area contributed by atoms with Crippen LogP contribution in [0.25, 0.3) is 0 Å². The maximum absolute atomic E-state index is 11.7. The summed E-state index contributed by atoms with van der Waals surface area (Å²) in [4.78, 5) is 11.7. The Bertz CT molecular complexity index is 272. The molecule has 5 heteroatoms.